The van der Waals surface area contributed by atoms with Crippen LogP contribution in [0.15, 0.2) is 30.3 Å². The number of carbonyl (C=O) groups is 1. The van der Waals surface area contributed by atoms with E-state index in [1.54, 1.807) is 17.0 Å². The second-order valence-corrected chi connectivity index (χ2v) is 9.55. The van der Waals surface area contributed by atoms with E-state index in [0.29, 0.717) is 38.8 Å². The van der Waals surface area contributed by atoms with E-state index in [4.69, 9.17) is 0 Å². The molecule has 6 nitrogen and oxygen atoms in total. The number of nitrogens with one attached hydrogen (secondary N) is 1. The molecule has 2 aliphatic rings. The number of nitrogens with zero attached hydrogens (tertiary/aromatic N) is 1. The molecule has 0 saturated heterocycles. The fourth-order valence-corrected chi connectivity index (χ4v) is 4.82. The van der Waals surface area contributed by atoms with Crippen molar-refractivity contribution in [2.45, 2.75) is 43.4 Å². The zero-order chi connectivity index (χ0) is 18.7. The Morgan fingerprint density at radius 1 is 1.15 bits per heavy atom. The molecule has 1 aliphatic carbocycles. The average Bonchev–Trinajstić information content (AvgIpc) is 2.62. The second-order valence-electron chi connectivity index (χ2n) is 7.22. The largest absolute Gasteiger partial charge is 0.508 e. The predicted octanol–water partition coefficient (Wildman–Crippen LogP) is 2.55. The number of carbonyl (C=O) groups excluding carboxylic acids is 1. The summed E-state index contributed by atoms with van der Waals surface area (Å²) >= 11 is 0. The molecule has 1 aliphatic heterocycles. The van der Waals surface area contributed by atoms with Gasteiger partial charge in [0.15, 0.2) is 0 Å². The first-order valence-corrected chi connectivity index (χ1v) is 11.0. The molecule has 1 heterocycles. The standard InChI is InChI=1S/C19H26N2O4S/c1-26(24,25)18-8-4-16(5-9-18)20-19(23)21-12-10-15(11-13-21)14-2-6-17(22)7-3-14/h2-3,6-7,10,16,18,22H,4-5,8-9,11-13H2,1H3,(H,20,23). The van der Waals surface area contributed by atoms with E-state index in [1.165, 1.54) is 11.8 Å². The summed E-state index contributed by atoms with van der Waals surface area (Å²) in [6, 6.07) is 7.09. The van der Waals surface area contributed by atoms with Gasteiger partial charge in [0.1, 0.15) is 15.6 Å². The van der Waals surface area contributed by atoms with Gasteiger partial charge in [-0.15, -0.1) is 0 Å². The predicted molar refractivity (Wildman–Crippen MR) is 102 cm³/mol. The van der Waals surface area contributed by atoms with Gasteiger partial charge in [-0.2, -0.15) is 0 Å². The molecule has 7 heteroatoms. The highest BCUT2D eigenvalue weighted by Gasteiger charge is 2.29. The van der Waals surface area contributed by atoms with Crippen LogP contribution < -0.4 is 5.32 Å². The first-order valence-electron chi connectivity index (χ1n) is 9.05. The molecule has 0 spiro atoms. The van der Waals surface area contributed by atoms with Gasteiger partial charge >= 0.3 is 6.03 Å². The van der Waals surface area contributed by atoms with E-state index < -0.39 is 9.84 Å². The normalized spacial score (nSPS) is 24.0. The van der Waals surface area contributed by atoms with Crippen LogP contribution in [0.5, 0.6) is 5.75 Å². The Balaban J connectivity index is 1.50. The number of hydrogen-bond acceptors (Lipinski definition) is 4. The summed E-state index contributed by atoms with van der Waals surface area (Å²) in [4.78, 5) is 14.3. The second kappa shape index (κ2) is 7.70. The van der Waals surface area contributed by atoms with Crippen molar-refractivity contribution in [2.75, 3.05) is 19.3 Å². The average molecular weight is 378 g/mol. The van der Waals surface area contributed by atoms with E-state index in [1.807, 2.05) is 12.1 Å². The maximum absolute atomic E-state index is 12.5. The van der Waals surface area contributed by atoms with E-state index in [9.17, 15) is 18.3 Å². The van der Waals surface area contributed by atoms with Crippen LogP contribution in [0, 0.1) is 0 Å². The number of phenolic OH excluding ortho intramolecular Hbond substituents is 1. The molecule has 0 unspecified atom stereocenters. The molecule has 0 bridgehead atoms. The molecule has 1 aromatic rings. The topological polar surface area (TPSA) is 86.7 Å². The molecule has 0 aromatic heterocycles. The van der Waals surface area contributed by atoms with Crippen molar-refractivity contribution >= 4 is 21.4 Å². The molecule has 1 saturated carbocycles. The Hall–Kier alpha value is -2.02. The minimum absolute atomic E-state index is 0.0583. The third-order valence-corrected chi connectivity index (χ3v) is 7.02. The van der Waals surface area contributed by atoms with Crippen LogP contribution in [-0.2, 0) is 9.84 Å². The monoisotopic (exact) mass is 378 g/mol. The van der Waals surface area contributed by atoms with E-state index in [-0.39, 0.29) is 23.1 Å². The van der Waals surface area contributed by atoms with Gasteiger partial charge in [0.05, 0.1) is 5.25 Å². The molecule has 3 rings (SSSR count). The minimum atomic E-state index is -2.98. The Bertz CT molecular complexity index is 778. The lowest BCUT2D eigenvalue weighted by atomic mass is 9.95. The summed E-state index contributed by atoms with van der Waals surface area (Å²) in [7, 11) is -2.98. The van der Waals surface area contributed by atoms with Crippen LogP contribution in [0.4, 0.5) is 4.79 Å². The molecule has 2 N–H and O–H groups in total. The summed E-state index contributed by atoms with van der Waals surface area (Å²) in [6.45, 7) is 1.21. The number of amides is 2. The summed E-state index contributed by atoms with van der Waals surface area (Å²) in [5.41, 5.74) is 2.25. The minimum Gasteiger partial charge on any atom is -0.508 e. The van der Waals surface area contributed by atoms with Crippen LogP contribution >= 0.6 is 0 Å². The molecule has 0 atom stereocenters. The lowest BCUT2D eigenvalue weighted by Gasteiger charge is -2.32. The van der Waals surface area contributed by atoms with Crippen LogP contribution in [0.1, 0.15) is 37.7 Å². The summed E-state index contributed by atoms with van der Waals surface area (Å²) in [5, 5.41) is 12.2. The lowest BCUT2D eigenvalue weighted by Crippen LogP contribution is -2.48. The van der Waals surface area contributed by atoms with Crippen molar-refractivity contribution in [2.24, 2.45) is 0 Å². The SMILES string of the molecule is CS(=O)(=O)C1CCC(NC(=O)N2CC=C(c3ccc(O)cc3)CC2)CC1. The van der Waals surface area contributed by atoms with Crippen molar-refractivity contribution in [3.63, 3.8) is 0 Å². The van der Waals surface area contributed by atoms with Gasteiger partial charge < -0.3 is 15.3 Å². The highest BCUT2D eigenvalue weighted by Crippen LogP contribution is 2.26. The number of sulfone groups is 1. The Morgan fingerprint density at radius 2 is 1.81 bits per heavy atom. The highest BCUT2D eigenvalue weighted by molar-refractivity contribution is 7.91. The zero-order valence-electron chi connectivity index (χ0n) is 15.0. The number of rotatable bonds is 3. The fourth-order valence-electron chi connectivity index (χ4n) is 3.69. The van der Waals surface area contributed by atoms with Crippen molar-refractivity contribution < 1.29 is 18.3 Å². The Morgan fingerprint density at radius 3 is 2.35 bits per heavy atom. The smallest absolute Gasteiger partial charge is 0.317 e. The number of benzene rings is 1. The van der Waals surface area contributed by atoms with Gasteiger partial charge in [0, 0.05) is 25.4 Å². The van der Waals surface area contributed by atoms with Crippen LogP contribution in [0.2, 0.25) is 0 Å². The number of aromatic hydroxyl groups is 1. The van der Waals surface area contributed by atoms with Crippen molar-refractivity contribution in [1.82, 2.24) is 10.2 Å². The quantitative estimate of drug-likeness (QED) is 0.846. The van der Waals surface area contributed by atoms with E-state index in [0.717, 1.165) is 12.0 Å². The van der Waals surface area contributed by atoms with Gasteiger partial charge in [-0.25, -0.2) is 13.2 Å². The third-order valence-electron chi connectivity index (χ3n) is 5.34. The van der Waals surface area contributed by atoms with Crippen LogP contribution in [-0.4, -0.2) is 55.1 Å². The summed E-state index contributed by atoms with van der Waals surface area (Å²) in [5.74, 6) is 0.247. The number of hydrogen-bond donors (Lipinski definition) is 2. The van der Waals surface area contributed by atoms with Gasteiger partial charge in [-0.05, 0) is 55.4 Å². The summed E-state index contributed by atoms with van der Waals surface area (Å²) in [6.07, 6.45) is 6.79. The molecule has 142 valence electrons. The van der Waals surface area contributed by atoms with Gasteiger partial charge in [0.25, 0.3) is 0 Å². The molecule has 1 aromatic carbocycles. The Kier molecular flexibility index (Phi) is 5.55. The van der Waals surface area contributed by atoms with Crippen LogP contribution in [0.3, 0.4) is 0 Å². The molecular weight excluding hydrogens is 352 g/mol. The van der Waals surface area contributed by atoms with Crippen molar-refractivity contribution in [1.29, 1.82) is 0 Å². The lowest BCUT2D eigenvalue weighted by molar-refractivity contribution is 0.195. The summed E-state index contributed by atoms with van der Waals surface area (Å²) < 4.78 is 23.2. The first kappa shape index (κ1) is 18.8. The van der Waals surface area contributed by atoms with E-state index in [2.05, 4.69) is 11.4 Å². The molecular formula is C19H26N2O4S. The van der Waals surface area contributed by atoms with Gasteiger partial charge in [-0.1, -0.05) is 18.2 Å². The maximum atomic E-state index is 12.5. The van der Waals surface area contributed by atoms with Gasteiger partial charge in [-0.3, -0.25) is 0 Å². The molecule has 1 fully saturated rings. The van der Waals surface area contributed by atoms with Crippen LogP contribution in [0.25, 0.3) is 5.57 Å². The maximum Gasteiger partial charge on any atom is 0.317 e. The fraction of sp³-hybridized carbons (Fsp3) is 0.526. The van der Waals surface area contributed by atoms with Gasteiger partial charge in [0.2, 0.25) is 0 Å². The number of phenols is 1. The molecule has 0 radical (unpaired) electrons. The van der Waals surface area contributed by atoms with Crippen molar-refractivity contribution in [3.8, 4) is 5.75 Å². The van der Waals surface area contributed by atoms with Crippen molar-refractivity contribution in [3.05, 3.63) is 35.9 Å². The van der Waals surface area contributed by atoms with E-state index >= 15 is 0 Å². The molecule has 26 heavy (non-hydrogen) atoms. The number of urea groups is 1. The first-order chi connectivity index (χ1) is 12.3. The Labute approximate surface area is 154 Å². The highest BCUT2D eigenvalue weighted by atomic mass is 32.2. The third kappa shape index (κ3) is 4.58. The zero-order valence-corrected chi connectivity index (χ0v) is 15.8. The molecule has 2 amide bonds.